The van der Waals surface area contributed by atoms with E-state index in [4.69, 9.17) is 5.14 Å². The van der Waals surface area contributed by atoms with Crippen molar-refractivity contribution in [2.45, 2.75) is 11.5 Å². The number of nitrogens with two attached hydrogens (primary N) is 1. The Morgan fingerprint density at radius 3 is 2.44 bits per heavy atom. The second-order valence-electron chi connectivity index (χ2n) is 2.78. The average molecular weight is 254 g/mol. The van der Waals surface area contributed by atoms with Crippen molar-refractivity contribution >= 4 is 10.0 Å². The van der Waals surface area contributed by atoms with Crippen molar-refractivity contribution in [1.82, 2.24) is 4.98 Å². The van der Waals surface area contributed by atoms with Crippen molar-refractivity contribution in [2.75, 3.05) is 7.11 Å². The normalized spacial score (nSPS) is 11.8. The highest BCUT2D eigenvalue weighted by Crippen LogP contribution is 2.20. The number of rotatable bonds is 3. The number of aromatic nitrogens is 1. The number of hydrogen-bond donors (Lipinski definition) is 2. The van der Waals surface area contributed by atoms with Gasteiger partial charge < -0.3 is 9.72 Å². The summed E-state index contributed by atoms with van der Waals surface area (Å²) < 4.78 is 51.1. The minimum atomic E-state index is -4.24. The second-order valence-corrected chi connectivity index (χ2v) is 4.28. The third kappa shape index (κ3) is 2.19. The first-order valence-corrected chi connectivity index (χ1v) is 5.44. The van der Waals surface area contributed by atoms with Gasteiger partial charge in [0, 0.05) is 6.20 Å². The summed E-state index contributed by atoms with van der Waals surface area (Å²) in [6.45, 7) is 0. The van der Waals surface area contributed by atoms with Gasteiger partial charge in [-0.05, 0) is 0 Å². The molecule has 0 atom stereocenters. The zero-order valence-corrected chi connectivity index (χ0v) is 8.85. The Bertz CT molecular complexity index is 552. The lowest BCUT2D eigenvalue weighted by molar-refractivity contribution is 0.149. The van der Waals surface area contributed by atoms with Crippen LogP contribution in [0.4, 0.5) is 8.78 Å². The summed E-state index contributed by atoms with van der Waals surface area (Å²) in [6, 6.07) is 0. The maximum absolute atomic E-state index is 12.3. The lowest BCUT2D eigenvalue weighted by atomic mass is 10.3. The summed E-state index contributed by atoms with van der Waals surface area (Å²) in [4.78, 5) is 13.4. The number of nitrogens with one attached hydrogen (secondary N) is 1. The summed E-state index contributed by atoms with van der Waals surface area (Å²) in [5.74, 6) is -0.750. The molecule has 0 amide bonds. The molecule has 0 aromatic carbocycles. The molecule has 0 saturated carbocycles. The van der Waals surface area contributed by atoms with E-state index < -0.39 is 38.2 Å². The topological polar surface area (TPSA) is 102 Å². The van der Waals surface area contributed by atoms with Crippen molar-refractivity contribution < 1.29 is 21.9 Å². The van der Waals surface area contributed by atoms with Gasteiger partial charge in [0.05, 0.1) is 12.7 Å². The second kappa shape index (κ2) is 4.18. The third-order valence-corrected chi connectivity index (χ3v) is 2.63. The number of halogens is 2. The van der Waals surface area contributed by atoms with Crippen LogP contribution in [0, 0.1) is 0 Å². The first-order chi connectivity index (χ1) is 7.29. The van der Waals surface area contributed by atoms with Crippen LogP contribution in [0.3, 0.4) is 0 Å². The van der Waals surface area contributed by atoms with Crippen molar-refractivity contribution in [2.24, 2.45) is 5.14 Å². The molecule has 0 aliphatic rings. The molecule has 0 aliphatic carbocycles. The molecule has 6 nitrogen and oxygen atoms in total. The molecule has 0 unspecified atom stereocenters. The van der Waals surface area contributed by atoms with Gasteiger partial charge in [-0.15, -0.1) is 0 Å². The largest absolute Gasteiger partial charge is 0.490 e. The SMILES string of the molecule is COc1c(S(N)(=O)=O)[nH]cc(C(F)F)c1=O. The van der Waals surface area contributed by atoms with Crippen molar-refractivity contribution in [3.05, 3.63) is 22.0 Å². The number of pyridine rings is 1. The summed E-state index contributed by atoms with van der Waals surface area (Å²) in [6.07, 6.45) is -2.44. The number of primary sulfonamides is 1. The van der Waals surface area contributed by atoms with Gasteiger partial charge >= 0.3 is 0 Å². The number of aromatic amines is 1. The fourth-order valence-electron chi connectivity index (χ4n) is 1.07. The zero-order chi connectivity index (χ0) is 12.5. The van der Waals surface area contributed by atoms with Gasteiger partial charge in [-0.3, -0.25) is 4.79 Å². The Hall–Kier alpha value is -1.48. The highest BCUT2D eigenvalue weighted by atomic mass is 32.2. The Labute approximate surface area is 89.1 Å². The number of ether oxygens (including phenoxy) is 1. The van der Waals surface area contributed by atoms with Crippen molar-refractivity contribution in [3.63, 3.8) is 0 Å². The van der Waals surface area contributed by atoms with Crippen LogP contribution in [0.1, 0.15) is 12.0 Å². The zero-order valence-electron chi connectivity index (χ0n) is 8.03. The van der Waals surface area contributed by atoms with Gasteiger partial charge in [-0.2, -0.15) is 0 Å². The molecule has 0 aliphatic heterocycles. The van der Waals surface area contributed by atoms with Crippen LogP contribution in [0.25, 0.3) is 0 Å². The molecule has 0 bridgehead atoms. The maximum Gasteiger partial charge on any atom is 0.269 e. The summed E-state index contributed by atoms with van der Waals surface area (Å²) in [5, 5.41) is 4.03. The van der Waals surface area contributed by atoms with E-state index in [0.717, 1.165) is 7.11 Å². The van der Waals surface area contributed by atoms with Crippen LogP contribution in [-0.4, -0.2) is 20.5 Å². The molecule has 0 radical (unpaired) electrons. The summed E-state index contributed by atoms with van der Waals surface area (Å²) in [5.41, 5.74) is -2.09. The van der Waals surface area contributed by atoms with E-state index in [9.17, 15) is 22.0 Å². The monoisotopic (exact) mass is 254 g/mol. The van der Waals surface area contributed by atoms with E-state index in [1.807, 2.05) is 4.98 Å². The van der Waals surface area contributed by atoms with Crippen LogP contribution >= 0.6 is 0 Å². The number of sulfonamides is 1. The first kappa shape index (κ1) is 12.6. The highest BCUT2D eigenvalue weighted by Gasteiger charge is 2.23. The summed E-state index contributed by atoms with van der Waals surface area (Å²) >= 11 is 0. The predicted octanol–water partition coefficient (Wildman–Crippen LogP) is -0.0315. The third-order valence-electron chi connectivity index (χ3n) is 1.76. The van der Waals surface area contributed by atoms with E-state index in [0.29, 0.717) is 6.20 Å². The average Bonchev–Trinajstić information content (AvgIpc) is 2.15. The predicted molar refractivity (Wildman–Crippen MR) is 49.9 cm³/mol. The molecule has 0 saturated heterocycles. The van der Waals surface area contributed by atoms with E-state index in [-0.39, 0.29) is 0 Å². The Morgan fingerprint density at radius 2 is 2.06 bits per heavy atom. The van der Waals surface area contributed by atoms with Crippen LogP contribution < -0.4 is 15.3 Å². The molecule has 0 spiro atoms. The molecule has 3 N–H and O–H groups in total. The lowest BCUT2D eigenvalue weighted by Crippen LogP contribution is -2.22. The standard InChI is InChI=1S/C7H8F2N2O4S/c1-15-5-4(12)3(6(8)9)2-11-7(5)16(10,13)14/h2,6H,1H3,(H,11,12)(H2,10,13,14). The van der Waals surface area contributed by atoms with Gasteiger partial charge in [-0.25, -0.2) is 22.3 Å². The van der Waals surface area contributed by atoms with Crippen LogP contribution in [0.2, 0.25) is 0 Å². The molecule has 16 heavy (non-hydrogen) atoms. The number of methoxy groups -OCH3 is 1. The number of alkyl halides is 2. The van der Waals surface area contributed by atoms with Crippen molar-refractivity contribution in [3.8, 4) is 5.75 Å². The number of hydrogen-bond acceptors (Lipinski definition) is 4. The van der Waals surface area contributed by atoms with Gasteiger partial charge in [0.15, 0.2) is 5.03 Å². The van der Waals surface area contributed by atoms with E-state index in [1.165, 1.54) is 0 Å². The van der Waals surface area contributed by atoms with E-state index >= 15 is 0 Å². The quantitative estimate of drug-likeness (QED) is 0.790. The van der Waals surface area contributed by atoms with Crippen LogP contribution in [0.15, 0.2) is 16.0 Å². The van der Waals surface area contributed by atoms with Gasteiger partial charge in [-0.1, -0.05) is 0 Å². The fourth-order valence-corrected chi connectivity index (χ4v) is 1.73. The Balaban J connectivity index is 3.61. The van der Waals surface area contributed by atoms with E-state index in [2.05, 4.69) is 4.74 Å². The van der Waals surface area contributed by atoms with Gasteiger partial charge in [0.25, 0.3) is 16.4 Å². The lowest BCUT2D eigenvalue weighted by Gasteiger charge is -2.07. The molecule has 9 heteroatoms. The highest BCUT2D eigenvalue weighted by molar-refractivity contribution is 7.89. The number of H-pyrrole nitrogens is 1. The fraction of sp³-hybridized carbons (Fsp3) is 0.286. The molecule has 1 aromatic rings. The van der Waals surface area contributed by atoms with Gasteiger partial charge in [0.1, 0.15) is 0 Å². The Kier molecular flexibility index (Phi) is 3.29. The molecule has 1 rings (SSSR count). The van der Waals surface area contributed by atoms with Crippen molar-refractivity contribution in [1.29, 1.82) is 0 Å². The molecule has 90 valence electrons. The van der Waals surface area contributed by atoms with Crippen LogP contribution in [-0.2, 0) is 10.0 Å². The minimum Gasteiger partial charge on any atom is -0.490 e. The smallest absolute Gasteiger partial charge is 0.269 e. The van der Waals surface area contributed by atoms with Gasteiger partial charge in [0.2, 0.25) is 11.2 Å². The summed E-state index contributed by atoms with van der Waals surface area (Å²) in [7, 11) is -3.26. The van der Waals surface area contributed by atoms with E-state index in [1.54, 1.807) is 0 Å². The minimum absolute atomic E-state index is 0.593. The molecular formula is C7H8F2N2O4S. The molecule has 0 fully saturated rings. The maximum atomic E-state index is 12.3. The Morgan fingerprint density at radius 1 is 1.50 bits per heavy atom. The molecule has 1 aromatic heterocycles. The van der Waals surface area contributed by atoms with Crippen LogP contribution in [0.5, 0.6) is 5.75 Å². The molecule has 1 heterocycles. The molecular weight excluding hydrogens is 246 g/mol. The first-order valence-electron chi connectivity index (χ1n) is 3.89.